The Bertz CT molecular complexity index is 669. The number of nitrogens with zero attached hydrogens (tertiary/aromatic N) is 2. The van der Waals surface area contributed by atoms with Crippen LogP contribution in [0.25, 0.3) is 0 Å². The van der Waals surface area contributed by atoms with Gasteiger partial charge in [-0.05, 0) is 37.0 Å². The van der Waals surface area contributed by atoms with Crippen molar-refractivity contribution in [2.75, 3.05) is 33.2 Å². The molecule has 3 rings (SSSR count). The van der Waals surface area contributed by atoms with Gasteiger partial charge in [0.15, 0.2) is 0 Å². The molecule has 0 aromatic heterocycles. The summed E-state index contributed by atoms with van der Waals surface area (Å²) in [6.45, 7) is 2.64. The molecule has 2 fully saturated rings. The van der Waals surface area contributed by atoms with Crippen LogP contribution >= 0.6 is 23.2 Å². The molecule has 142 valence electrons. The fraction of sp³-hybridized carbons (Fsp3) is 0.579. The summed E-state index contributed by atoms with van der Waals surface area (Å²) in [5.41, 5.74) is 0.548. The molecule has 7 heteroatoms. The van der Waals surface area contributed by atoms with Gasteiger partial charge in [-0.1, -0.05) is 36.0 Å². The maximum absolute atomic E-state index is 12.7. The molecule has 1 unspecified atom stereocenters. The molecular weight excluding hydrogens is 373 g/mol. The third-order valence-corrected chi connectivity index (χ3v) is 6.26. The Morgan fingerprint density at radius 1 is 1.08 bits per heavy atom. The Kier molecular flexibility index (Phi) is 6.43. The van der Waals surface area contributed by atoms with Crippen LogP contribution in [-0.4, -0.2) is 60.9 Å². The van der Waals surface area contributed by atoms with Gasteiger partial charge in [0.1, 0.15) is 0 Å². The van der Waals surface area contributed by atoms with Gasteiger partial charge in [-0.25, -0.2) is 0 Å². The fourth-order valence-corrected chi connectivity index (χ4v) is 4.41. The van der Waals surface area contributed by atoms with E-state index in [1.165, 1.54) is 12.8 Å². The number of amides is 2. The van der Waals surface area contributed by atoms with Crippen molar-refractivity contribution >= 4 is 35.0 Å². The maximum atomic E-state index is 12.7. The molecule has 1 saturated carbocycles. The summed E-state index contributed by atoms with van der Waals surface area (Å²) in [5.74, 6) is 0.481. The number of benzene rings is 1. The molecule has 0 radical (unpaired) electrons. The third-order valence-electron chi connectivity index (χ3n) is 5.52. The SMILES string of the molecule is CNC(=O)C(C1CCCC1)N1CCN(C(=O)c2ccc(Cl)c(Cl)c2)CC1. The van der Waals surface area contributed by atoms with Crippen molar-refractivity contribution in [3.8, 4) is 0 Å². The molecule has 2 amide bonds. The van der Waals surface area contributed by atoms with Gasteiger partial charge in [-0.2, -0.15) is 0 Å². The van der Waals surface area contributed by atoms with E-state index in [1.54, 1.807) is 25.2 Å². The van der Waals surface area contributed by atoms with Gasteiger partial charge >= 0.3 is 0 Å². The fourth-order valence-electron chi connectivity index (χ4n) is 4.11. The molecule has 1 aliphatic heterocycles. The lowest BCUT2D eigenvalue weighted by molar-refractivity contribution is -0.128. The predicted molar refractivity (Wildman–Crippen MR) is 104 cm³/mol. The van der Waals surface area contributed by atoms with Crippen LogP contribution in [0.4, 0.5) is 0 Å². The van der Waals surface area contributed by atoms with E-state index >= 15 is 0 Å². The monoisotopic (exact) mass is 397 g/mol. The zero-order valence-corrected chi connectivity index (χ0v) is 16.5. The number of rotatable bonds is 4. The molecule has 1 saturated heterocycles. The normalized spacial score (nSPS) is 20.2. The van der Waals surface area contributed by atoms with Gasteiger partial charge < -0.3 is 10.2 Å². The number of nitrogens with one attached hydrogen (secondary N) is 1. The summed E-state index contributed by atoms with van der Waals surface area (Å²) in [6.07, 6.45) is 4.63. The van der Waals surface area contributed by atoms with Crippen LogP contribution in [0.1, 0.15) is 36.0 Å². The molecule has 1 aromatic carbocycles. The zero-order valence-electron chi connectivity index (χ0n) is 15.0. The average Bonchev–Trinajstić information content (AvgIpc) is 3.18. The number of hydrogen-bond acceptors (Lipinski definition) is 3. The molecule has 2 aliphatic rings. The minimum Gasteiger partial charge on any atom is -0.358 e. The van der Waals surface area contributed by atoms with E-state index in [0.29, 0.717) is 47.7 Å². The minimum atomic E-state index is -0.0790. The summed E-state index contributed by atoms with van der Waals surface area (Å²) in [7, 11) is 1.70. The van der Waals surface area contributed by atoms with E-state index in [4.69, 9.17) is 23.2 Å². The number of carbonyl (C=O) groups is 2. The van der Waals surface area contributed by atoms with Crippen LogP contribution in [0.15, 0.2) is 18.2 Å². The number of halogens is 2. The lowest BCUT2D eigenvalue weighted by Crippen LogP contribution is -2.57. The van der Waals surface area contributed by atoms with Crippen LogP contribution < -0.4 is 5.32 Å². The Morgan fingerprint density at radius 2 is 1.73 bits per heavy atom. The van der Waals surface area contributed by atoms with Crippen LogP contribution in [0.5, 0.6) is 0 Å². The molecule has 1 aliphatic carbocycles. The van der Waals surface area contributed by atoms with E-state index < -0.39 is 0 Å². The molecule has 26 heavy (non-hydrogen) atoms. The van der Waals surface area contributed by atoms with Gasteiger partial charge in [0.2, 0.25) is 5.91 Å². The van der Waals surface area contributed by atoms with Crippen molar-refractivity contribution in [3.05, 3.63) is 33.8 Å². The number of likely N-dealkylation sites (N-methyl/N-ethyl adjacent to an activating group) is 1. The average molecular weight is 398 g/mol. The maximum Gasteiger partial charge on any atom is 0.253 e. The quantitative estimate of drug-likeness (QED) is 0.848. The lowest BCUT2D eigenvalue weighted by atomic mass is 9.95. The minimum absolute atomic E-state index is 0.0411. The number of piperazine rings is 1. The first-order valence-corrected chi connectivity index (χ1v) is 9.97. The highest BCUT2D eigenvalue weighted by atomic mass is 35.5. The van der Waals surface area contributed by atoms with Gasteiger partial charge in [-0.3, -0.25) is 14.5 Å². The summed E-state index contributed by atoms with van der Waals surface area (Å²) >= 11 is 12.0. The Labute approximate surface area is 164 Å². The molecule has 5 nitrogen and oxygen atoms in total. The first-order chi connectivity index (χ1) is 12.5. The van der Waals surface area contributed by atoms with Crippen molar-refractivity contribution in [2.24, 2.45) is 5.92 Å². The second-order valence-electron chi connectivity index (χ2n) is 7.06. The van der Waals surface area contributed by atoms with Crippen molar-refractivity contribution in [1.29, 1.82) is 0 Å². The molecular formula is C19H25Cl2N3O2. The van der Waals surface area contributed by atoms with E-state index in [0.717, 1.165) is 12.8 Å². The number of hydrogen-bond donors (Lipinski definition) is 1. The van der Waals surface area contributed by atoms with Crippen LogP contribution in [-0.2, 0) is 4.79 Å². The van der Waals surface area contributed by atoms with Crippen molar-refractivity contribution < 1.29 is 9.59 Å². The van der Waals surface area contributed by atoms with Crippen molar-refractivity contribution in [2.45, 2.75) is 31.7 Å². The second kappa shape index (κ2) is 8.59. The molecule has 0 bridgehead atoms. The summed E-state index contributed by atoms with van der Waals surface area (Å²) in [6, 6.07) is 4.89. The van der Waals surface area contributed by atoms with Crippen LogP contribution in [0.3, 0.4) is 0 Å². The third kappa shape index (κ3) is 4.16. The number of carbonyl (C=O) groups excluding carboxylic acids is 2. The summed E-state index contributed by atoms with van der Waals surface area (Å²) < 4.78 is 0. The molecule has 1 atom stereocenters. The lowest BCUT2D eigenvalue weighted by Gasteiger charge is -2.40. The van der Waals surface area contributed by atoms with E-state index in [-0.39, 0.29) is 17.9 Å². The van der Waals surface area contributed by atoms with E-state index in [2.05, 4.69) is 10.2 Å². The first-order valence-electron chi connectivity index (χ1n) is 9.21. The van der Waals surface area contributed by atoms with E-state index in [9.17, 15) is 9.59 Å². The summed E-state index contributed by atoms with van der Waals surface area (Å²) in [4.78, 5) is 29.2. The van der Waals surface area contributed by atoms with Gasteiger partial charge in [0.05, 0.1) is 16.1 Å². The Morgan fingerprint density at radius 3 is 2.31 bits per heavy atom. The topological polar surface area (TPSA) is 52.7 Å². The second-order valence-corrected chi connectivity index (χ2v) is 7.88. The molecule has 1 heterocycles. The Balaban J connectivity index is 1.64. The first kappa shape index (κ1) is 19.5. The standard InChI is InChI=1S/C19H25Cl2N3O2/c1-22-18(25)17(13-4-2-3-5-13)23-8-10-24(11-9-23)19(26)14-6-7-15(20)16(21)12-14/h6-7,12-13,17H,2-5,8-11H2,1H3,(H,22,25). The molecule has 1 aromatic rings. The van der Waals surface area contributed by atoms with Gasteiger partial charge in [0.25, 0.3) is 5.91 Å². The smallest absolute Gasteiger partial charge is 0.253 e. The molecule has 0 spiro atoms. The van der Waals surface area contributed by atoms with E-state index in [1.807, 2.05) is 4.90 Å². The largest absolute Gasteiger partial charge is 0.358 e. The summed E-state index contributed by atoms with van der Waals surface area (Å²) in [5, 5.41) is 3.65. The van der Waals surface area contributed by atoms with Gasteiger partial charge in [-0.15, -0.1) is 0 Å². The van der Waals surface area contributed by atoms with Crippen molar-refractivity contribution in [3.63, 3.8) is 0 Å². The van der Waals surface area contributed by atoms with Crippen LogP contribution in [0, 0.1) is 5.92 Å². The highest BCUT2D eigenvalue weighted by Crippen LogP contribution is 2.31. The van der Waals surface area contributed by atoms with Gasteiger partial charge in [0, 0.05) is 38.8 Å². The Hall–Kier alpha value is -1.30. The highest BCUT2D eigenvalue weighted by molar-refractivity contribution is 6.42. The predicted octanol–water partition coefficient (Wildman–Crippen LogP) is 3.06. The van der Waals surface area contributed by atoms with Crippen LogP contribution in [0.2, 0.25) is 10.0 Å². The molecule has 1 N–H and O–H groups in total. The van der Waals surface area contributed by atoms with Crippen molar-refractivity contribution in [1.82, 2.24) is 15.1 Å². The zero-order chi connectivity index (χ0) is 18.7. The highest BCUT2D eigenvalue weighted by Gasteiger charge is 2.36.